The molecule has 0 aliphatic carbocycles. The molecule has 1 aromatic rings. The summed E-state index contributed by atoms with van der Waals surface area (Å²) in [5.41, 5.74) is 0.714. The molecule has 2 N–H and O–H groups in total. The largest absolute Gasteiger partial charge is 0.506 e. The molecule has 1 aliphatic heterocycles. The lowest BCUT2D eigenvalue weighted by Gasteiger charge is -2.33. The molecule has 134 valence electrons. The molecule has 6 nitrogen and oxygen atoms in total. The van der Waals surface area contributed by atoms with E-state index in [0.29, 0.717) is 25.1 Å². The number of carbonyl (C=O) groups is 1. The quantitative estimate of drug-likeness (QED) is 0.796. The monoisotopic (exact) mass is 374 g/mol. The second-order valence-electron chi connectivity index (χ2n) is 6.12. The van der Waals surface area contributed by atoms with Gasteiger partial charge in [-0.1, -0.05) is 24.1 Å². The second kappa shape index (κ2) is 8.18. The number of hydrogen-bond donors (Lipinski definition) is 2. The van der Waals surface area contributed by atoms with Crippen LogP contribution in [0.5, 0.6) is 5.75 Å². The van der Waals surface area contributed by atoms with Crippen molar-refractivity contribution < 1.29 is 18.3 Å². The summed E-state index contributed by atoms with van der Waals surface area (Å²) in [6.07, 6.45) is 4.73. The Hall–Kier alpha value is -1.31. The molecule has 8 heteroatoms. The second-order valence-corrected chi connectivity index (χ2v) is 8.47. The van der Waals surface area contributed by atoms with Crippen molar-refractivity contribution in [1.82, 2.24) is 9.62 Å². The highest BCUT2D eigenvalue weighted by Crippen LogP contribution is 2.24. The van der Waals surface area contributed by atoms with Crippen molar-refractivity contribution in [3.05, 3.63) is 28.8 Å². The number of nitrogens with one attached hydrogen (secondary N) is 1. The fourth-order valence-corrected chi connectivity index (χ4v) is 4.40. The van der Waals surface area contributed by atoms with Crippen LogP contribution in [0, 0.1) is 0 Å². The number of aromatic hydroxyl groups is 1. The third kappa shape index (κ3) is 5.36. The molecule has 1 heterocycles. The zero-order valence-electron chi connectivity index (χ0n) is 13.7. The molecule has 1 amide bonds. The first-order valence-corrected chi connectivity index (χ1v) is 10.2. The van der Waals surface area contributed by atoms with E-state index in [4.69, 9.17) is 11.6 Å². The third-order valence-electron chi connectivity index (χ3n) is 4.18. The van der Waals surface area contributed by atoms with Crippen LogP contribution >= 0.6 is 11.6 Å². The van der Waals surface area contributed by atoms with Gasteiger partial charge in [-0.3, -0.25) is 4.79 Å². The number of amides is 1. The first kappa shape index (κ1) is 19.0. The normalized spacial score (nSPS) is 19.2. The van der Waals surface area contributed by atoms with Gasteiger partial charge in [0.2, 0.25) is 15.9 Å². The average Bonchev–Trinajstić information content (AvgIpc) is 2.50. The van der Waals surface area contributed by atoms with Gasteiger partial charge < -0.3 is 10.4 Å². The molecule has 0 aromatic heterocycles. The smallest absolute Gasteiger partial charge is 0.224 e. The van der Waals surface area contributed by atoms with Gasteiger partial charge in [0.25, 0.3) is 0 Å². The first-order valence-electron chi connectivity index (χ1n) is 7.98. The van der Waals surface area contributed by atoms with Crippen LogP contribution in [0.3, 0.4) is 0 Å². The summed E-state index contributed by atoms with van der Waals surface area (Å²) in [5, 5.41) is 12.4. The molecule has 0 bridgehead atoms. The Morgan fingerprint density at radius 1 is 1.42 bits per heavy atom. The maximum absolute atomic E-state index is 12.0. The van der Waals surface area contributed by atoms with Crippen molar-refractivity contribution in [2.75, 3.05) is 19.3 Å². The molecule has 1 saturated heterocycles. The van der Waals surface area contributed by atoms with Crippen LogP contribution in [0.1, 0.15) is 31.2 Å². The van der Waals surface area contributed by atoms with Crippen molar-refractivity contribution in [3.8, 4) is 5.75 Å². The van der Waals surface area contributed by atoms with Crippen molar-refractivity contribution in [1.29, 1.82) is 0 Å². The van der Waals surface area contributed by atoms with E-state index in [2.05, 4.69) is 5.32 Å². The number of halogens is 1. The van der Waals surface area contributed by atoms with E-state index in [-0.39, 0.29) is 29.1 Å². The molecule has 1 atom stereocenters. The summed E-state index contributed by atoms with van der Waals surface area (Å²) in [7, 11) is -3.20. The van der Waals surface area contributed by atoms with Gasteiger partial charge in [-0.25, -0.2) is 8.42 Å². The summed E-state index contributed by atoms with van der Waals surface area (Å²) in [4.78, 5) is 12.0. The number of nitrogens with zero attached hydrogens (tertiary/aromatic N) is 1. The molecule has 1 fully saturated rings. The van der Waals surface area contributed by atoms with Gasteiger partial charge in [-0.15, -0.1) is 0 Å². The van der Waals surface area contributed by atoms with Gasteiger partial charge >= 0.3 is 0 Å². The molecule has 0 saturated carbocycles. The lowest BCUT2D eigenvalue weighted by Crippen LogP contribution is -2.44. The highest BCUT2D eigenvalue weighted by atomic mass is 35.5. The van der Waals surface area contributed by atoms with Crippen LogP contribution in [0.25, 0.3) is 0 Å². The van der Waals surface area contributed by atoms with Gasteiger partial charge in [0.1, 0.15) is 5.75 Å². The van der Waals surface area contributed by atoms with Crippen LogP contribution in [-0.4, -0.2) is 49.1 Å². The van der Waals surface area contributed by atoms with Crippen LogP contribution in [0.15, 0.2) is 18.2 Å². The topological polar surface area (TPSA) is 86.7 Å². The van der Waals surface area contributed by atoms with Gasteiger partial charge in [0.05, 0.1) is 17.7 Å². The van der Waals surface area contributed by atoms with E-state index >= 15 is 0 Å². The predicted molar refractivity (Wildman–Crippen MR) is 93.6 cm³/mol. The van der Waals surface area contributed by atoms with E-state index in [1.165, 1.54) is 12.3 Å². The number of hydrogen-bond acceptors (Lipinski definition) is 4. The van der Waals surface area contributed by atoms with E-state index in [0.717, 1.165) is 19.3 Å². The van der Waals surface area contributed by atoms with Crippen LogP contribution in [0.4, 0.5) is 0 Å². The number of phenols is 1. The van der Waals surface area contributed by atoms with Crippen LogP contribution in [-0.2, 0) is 21.2 Å². The van der Waals surface area contributed by atoms with Crippen molar-refractivity contribution in [2.45, 2.75) is 38.1 Å². The Bertz CT molecular complexity index is 693. The highest BCUT2D eigenvalue weighted by molar-refractivity contribution is 7.88. The van der Waals surface area contributed by atoms with Crippen molar-refractivity contribution >= 4 is 27.5 Å². The summed E-state index contributed by atoms with van der Waals surface area (Å²) in [6, 6.07) is 4.62. The zero-order valence-corrected chi connectivity index (χ0v) is 15.2. The SMILES string of the molecule is CS(=O)(=O)N1CCCC[C@H]1CCNC(=O)Cc1ccc(O)c(Cl)c1. The van der Waals surface area contributed by atoms with E-state index in [1.54, 1.807) is 16.4 Å². The number of piperidine rings is 1. The predicted octanol–water partition coefficient (Wildman–Crippen LogP) is 1.91. The minimum atomic E-state index is -3.20. The third-order valence-corrected chi connectivity index (χ3v) is 5.81. The summed E-state index contributed by atoms with van der Waals surface area (Å²) in [6.45, 7) is 0.991. The first-order chi connectivity index (χ1) is 11.3. The Balaban J connectivity index is 1.82. The minimum Gasteiger partial charge on any atom is -0.506 e. The van der Waals surface area contributed by atoms with Crippen molar-refractivity contribution in [2.24, 2.45) is 0 Å². The lowest BCUT2D eigenvalue weighted by molar-refractivity contribution is -0.120. The summed E-state index contributed by atoms with van der Waals surface area (Å²) in [5.74, 6) is -0.169. The summed E-state index contributed by atoms with van der Waals surface area (Å²) < 4.78 is 25.1. The van der Waals surface area contributed by atoms with E-state index < -0.39 is 10.0 Å². The molecule has 0 spiro atoms. The maximum atomic E-state index is 12.0. The van der Waals surface area contributed by atoms with E-state index in [1.807, 2.05) is 0 Å². The molecule has 0 unspecified atom stereocenters. The Labute approximate surface area is 147 Å². The minimum absolute atomic E-state index is 0.0148. The number of phenolic OH excluding ortho intramolecular Hbond substituents is 1. The lowest BCUT2D eigenvalue weighted by atomic mass is 10.0. The van der Waals surface area contributed by atoms with Gasteiger partial charge in [-0.05, 0) is 37.0 Å². The van der Waals surface area contributed by atoms with E-state index in [9.17, 15) is 18.3 Å². The number of carbonyl (C=O) groups excluding carboxylic acids is 1. The highest BCUT2D eigenvalue weighted by Gasteiger charge is 2.28. The summed E-state index contributed by atoms with van der Waals surface area (Å²) >= 11 is 5.82. The molecular formula is C16H23ClN2O4S. The Morgan fingerprint density at radius 3 is 2.83 bits per heavy atom. The fraction of sp³-hybridized carbons (Fsp3) is 0.562. The Kier molecular flexibility index (Phi) is 6.48. The number of rotatable bonds is 6. The molecule has 1 aromatic carbocycles. The molecule has 24 heavy (non-hydrogen) atoms. The zero-order chi connectivity index (χ0) is 17.7. The van der Waals surface area contributed by atoms with Gasteiger partial charge in [-0.2, -0.15) is 4.31 Å². The van der Waals surface area contributed by atoms with Gasteiger partial charge in [0, 0.05) is 19.1 Å². The molecule has 1 aliphatic rings. The van der Waals surface area contributed by atoms with Crippen LogP contribution < -0.4 is 5.32 Å². The standard InChI is InChI=1S/C16H23ClN2O4S/c1-24(22,23)19-9-3-2-4-13(19)7-8-18-16(21)11-12-5-6-15(20)14(17)10-12/h5-6,10,13,20H,2-4,7-9,11H2,1H3,(H,18,21)/t13-/m0/s1. The molecular weight excluding hydrogens is 352 g/mol. The van der Waals surface area contributed by atoms with Gasteiger partial charge in [0.15, 0.2) is 0 Å². The Morgan fingerprint density at radius 2 is 2.17 bits per heavy atom. The maximum Gasteiger partial charge on any atom is 0.224 e. The fourth-order valence-electron chi connectivity index (χ4n) is 2.99. The average molecular weight is 375 g/mol. The number of sulfonamides is 1. The van der Waals surface area contributed by atoms with Crippen molar-refractivity contribution in [3.63, 3.8) is 0 Å². The molecule has 0 radical (unpaired) electrons. The molecule has 2 rings (SSSR count). The number of benzene rings is 1. The van der Waals surface area contributed by atoms with Crippen LogP contribution in [0.2, 0.25) is 5.02 Å².